The minimum Gasteiger partial charge on any atom is -0.457 e. The fourth-order valence-electron chi connectivity index (χ4n) is 4.77. The first-order valence-electron chi connectivity index (χ1n) is 12.4. The molecule has 40 heavy (non-hydrogen) atoms. The molecule has 0 saturated heterocycles. The van der Waals surface area contributed by atoms with Crippen LogP contribution in [0.25, 0.3) is 11.0 Å². The topological polar surface area (TPSA) is 108 Å². The predicted molar refractivity (Wildman–Crippen MR) is 145 cm³/mol. The van der Waals surface area contributed by atoms with Gasteiger partial charge in [-0.2, -0.15) is 5.26 Å². The third kappa shape index (κ3) is 4.50. The van der Waals surface area contributed by atoms with E-state index in [0.29, 0.717) is 39.3 Å². The van der Waals surface area contributed by atoms with Crippen LogP contribution in [0, 0.1) is 24.1 Å². The third-order valence-electron chi connectivity index (χ3n) is 6.66. The summed E-state index contributed by atoms with van der Waals surface area (Å²) in [6, 6.07) is 27.8. The van der Waals surface area contributed by atoms with E-state index in [2.05, 4.69) is 6.07 Å². The van der Waals surface area contributed by atoms with Crippen LogP contribution in [-0.2, 0) is 0 Å². The predicted octanol–water partition coefficient (Wildman–Crippen LogP) is 7.11. The van der Waals surface area contributed by atoms with E-state index in [9.17, 15) is 14.4 Å². The number of nitrogens with two attached hydrogens (primary N) is 1. The molecule has 196 valence electrons. The van der Waals surface area contributed by atoms with E-state index >= 15 is 0 Å². The number of carbonyl (C=O) groups excluding carboxylic acids is 1. The van der Waals surface area contributed by atoms with Gasteiger partial charge in [-0.3, -0.25) is 0 Å². The molecule has 5 aromatic rings. The molecule has 1 aliphatic heterocycles. The summed E-state index contributed by atoms with van der Waals surface area (Å²) in [7, 11) is 0. The fourth-order valence-corrected chi connectivity index (χ4v) is 4.77. The van der Waals surface area contributed by atoms with Crippen LogP contribution >= 0.6 is 0 Å². The molecule has 0 amide bonds. The zero-order valence-corrected chi connectivity index (χ0v) is 21.2. The SMILES string of the molecule is Cc1c(C(=O)Oc2ccc3c(c2)OC(N)=C(C#N)C3c2cccc(Oc3ccccc3)c2)oc2ccc(F)cc12. The molecule has 1 unspecified atom stereocenters. The van der Waals surface area contributed by atoms with Crippen molar-refractivity contribution in [1.29, 1.82) is 5.26 Å². The smallest absolute Gasteiger partial charge is 0.379 e. The molecule has 1 aromatic heterocycles. The number of benzene rings is 4. The van der Waals surface area contributed by atoms with Gasteiger partial charge < -0.3 is 24.4 Å². The van der Waals surface area contributed by atoms with Gasteiger partial charge in [0, 0.05) is 22.6 Å². The standard InChI is InChI=1S/C32H21FN2O5/c1-18-25-15-20(33)10-13-27(25)39-30(18)32(36)38-23-11-12-24-28(16-23)40-31(35)26(17-34)29(24)19-6-5-9-22(14-19)37-21-7-3-2-4-8-21/h2-16,29H,35H2,1H3. The molecule has 1 atom stereocenters. The maximum atomic E-state index is 13.7. The molecule has 1 aliphatic rings. The van der Waals surface area contributed by atoms with E-state index in [-0.39, 0.29) is 23.0 Å². The van der Waals surface area contributed by atoms with Crippen LogP contribution in [-0.4, -0.2) is 5.97 Å². The van der Waals surface area contributed by atoms with E-state index in [1.54, 1.807) is 19.1 Å². The first-order chi connectivity index (χ1) is 19.4. The molecule has 7 nitrogen and oxygen atoms in total. The summed E-state index contributed by atoms with van der Waals surface area (Å²) >= 11 is 0. The highest BCUT2D eigenvalue weighted by Crippen LogP contribution is 2.44. The normalized spacial score (nSPS) is 14.3. The largest absolute Gasteiger partial charge is 0.457 e. The van der Waals surface area contributed by atoms with Gasteiger partial charge in [-0.1, -0.05) is 36.4 Å². The first-order valence-corrected chi connectivity index (χ1v) is 12.4. The van der Waals surface area contributed by atoms with Gasteiger partial charge in [0.25, 0.3) is 0 Å². The Balaban J connectivity index is 1.31. The lowest BCUT2D eigenvalue weighted by molar-refractivity contribution is 0.0702. The van der Waals surface area contributed by atoms with Crippen molar-refractivity contribution in [2.75, 3.05) is 0 Å². The molecule has 0 aliphatic carbocycles. The van der Waals surface area contributed by atoms with Crippen molar-refractivity contribution in [3.8, 4) is 29.1 Å². The Morgan fingerprint density at radius 1 is 0.950 bits per heavy atom. The lowest BCUT2D eigenvalue weighted by Crippen LogP contribution is -2.21. The van der Waals surface area contributed by atoms with Crippen molar-refractivity contribution in [1.82, 2.24) is 0 Å². The number of carbonyl (C=O) groups is 1. The summed E-state index contributed by atoms with van der Waals surface area (Å²) in [6.45, 7) is 1.66. The van der Waals surface area contributed by atoms with Crippen LogP contribution in [0.15, 0.2) is 107 Å². The molecule has 2 N–H and O–H groups in total. The molecule has 6 rings (SSSR count). The summed E-state index contributed by atoms with van der Waals surface area (Å²) in [5.41, 5.74) is 8.69. The van der Waals surface area contributed by atoms with Gasteiger partial charge in [0.2, 0.25) is 11.6 Å². The van der Waals surface area contributed by atoms with Crippen LogP contribution in [0.5, 0.6) is 23.0 Å². The molecular weight excluding hydrogens is 511 g/mol. The second-order valence-electron chi connectivity index (χ2n) is 9.20. The van der Waals surface area contributed by atoms with Crippen LogP contribution in [0.4, 0.5) is 4.39 Å². The maximum absolute atomic E-state index is 13.7. The Bertz CT molecular complexity index is 1850. The maximum Gasteiger partial charge on any atom is 0.379 e. The lowest BCUT2D eigenvalue weighted by atomic mass is 9.83. The van der Waals surface area contributed by atoms with Crippen LogP contribution in [0.3, 0.4) is 0 Å². The lowest BCUT2D eigenvalue weighted by Gasteiger charge is -2.27. The first kappa shape index (κ1) is 24.8. The highest BCUT2D eigenvalue weighted by Gasteiger charge is 2.31. The Labute approximate surface area is 228 Å². The van der Waals surface area contributed by atoms with Crippen molar-refractivity contribution in [3.05, 3.63) is 131 Å². The number of esters is 1. The summed E-state index contributed by atoms with van der Waals surface area (Å²) in [6.07, 6.45) is 0. The Morgan fingerprint density at radius 3 is 2.55 bits per heavy atom. The van der Waals surface area contributed by atoms with Crippen molar-refractivity contribution in [3.63, 3.8) is 0 Å². The van der Waals surface area contributed by atoms with Crippen molar-refractivity contribution >= 4 is 16.9 Å². The number of hydrogen-bond donors (Lipinski definition) is 1. The van der Waals surface area contributed by atoms with E-state index in [1.165, 1.54) is 24.3 Å². The van der Waals surface area contributed by atoms with Crippen molar-refractivity contribution < 1.29 is 27.8 Å². The van der Waals surface area contributed by atoms with Gasteiger partial charge in [0.15, 0.2) is 0 Å². The monoisotopic (exact) mass is 532 g/mol. The average molecular weight is 533 g/mol. The van der Waals surface area contributed by atoms with Gasteiger partial charge in [-0.05, 0) is 61.0 Å². The molecule has 0 radical (unpaired) electrons. The second-order valence-corrected chi connectivity index (χ2v) is 9.20. The Hall–Kier alpha value is -5.55. The average Bonchev–Trinajstić information content (AvgIpc) is 3.28. The Morgan fingerprint density at radius 2 is 1.75 bits per heavy atom. The number of furan rings is 1. The highest BCUT2D eigenvalue weighted by molar-refractivity contribution is 5.96. The number of halogens is 1. The molecule has 8 heteroatoms. The molecule has 0 saturated carbocycles. The van der Waals surface area contributed by atoms with Crippen molar-refractivity contribution in [2.24, 2.45) is 5.73 Å². The number of rotatable bonds is 5. The fraction of sp³-hybridized carbons (Fsp3) is 0.0625. The number of para-hydroxylation sites is 1. The number of fused-ring (bicyclic) bond motifs is 2. The zero-order valence-electron chi connectivity index (χ0n) is 21.2. The zero-order chi connectivity index (χ0) is 27.8. The number of allylic oxidation sites excluding steroid dienone is 1. The molecule has 0 spiro atoms. The molecule has 0 bridgehead atoms. The summed E-state index contributed by atoms with van der Waals surface area (Å²) in [4.78, 5) is 13.0. The van der Waals surface area contributed by atoms with E-state index in [4.69, 9.17) is 24.4 Å². The Kier molecular flexibility index (Phi) is 6.17. The van der Waals surface area contributed by atoms with Crippen LogP contribution < -0.4 is 19.9 Å². The quantitative estimate of drug-likeness (QED) is 0.190. The molecule has 0 fully saturated rings. The molecule has 4 aromatic carbocycles. The minimum absolute atomic E-state index is 0.0291. The van der Waals surface area contributed by atoms with Crippen LogP contribution in [0.2, 0.25) is 0 Å². The second kappa shape index (κ2) is 9.97. The number of nitriles is 1. The van der Waals surface area contributed by atoms with Gasteiger partial charge in [0.05, 0.1) is 5.92 Å². The number of ether oxygens (including phenoxy) is 3. The van der Waals surface area contributed by atoms with Crippen LogP contribution in [0.1, 0.15) is 33.2 Å². The molecular formula is C32H21FN2O5. The van der Waals surface area contributed by atoms with E-state index < -0.39 is 17.7 Å². The molecule has 2 heterocycles. The van der Waals surface area contributed by atoms with Crippen molar-refractivity contribution in [2.45, 2.75) is 12.8 Å². The summed E-state index contributed by atoms with van der Waals surface area (Å²) in [5, 5.41) is 10.4. The highest BCUT2D eigenvalue weighted by atomic mass is 19.1. The number of aryl methyl sites for hydroxylation is 1. The number of hydrogen-bond acceptors (Lipinski definition) is 7. The summed E-state index contributed by atoms with van der Waals surface area (Å²) < 4.78 is 36.6. The minimum atomic E-state index is -0.742. The van der Waals surface area contributed by atoms with Gasteiger partial charge in [0.1, 0.15) is 46.0 Å². The number of nitrogens with zero attached hydrogens (tertiary/aromatic N) is 1. The van der Waals surface area contributed by atoms with E-state index in [0.717, 1.165) is 5.56 Å². The van der Waals surface area contributed by atoms with Gasteiger partial charge in [-0.25, -0.2) is 9.18 Å². The van der Waals surface area contributed by atoms with Gasteiger partial charge >= 0.3 is 5.97 Å². The van der Waals surface area contributed by atoms with Gasteiger partial charge in [-0.15, -0.1) is 0 Å². The third-order valence-corrected chi connectivity index (χ3v) is 6.66. The summed E-state index contributed by atoms with van der Waals surface area (Å²) in [5.74, 6) is 0.00753. The van der Waals surface area contributed by atoms with E-state index in [1.807, 2.05) is 54.6 Å².